The minimum atomic E-state index is -0.641. The van der Waals surface area contributed by atoms with Gasteiger partial charge in [-0.1, -0.05) is 61.5 Å². The maximum absolute atomic E-state index is 12.4. The molecule has 1 aromatic heterocycles. The Bertz CT molecular complexity index is 1300. The summed E-state index contributed by atoms with van der Waals surface area (Å²) < 4.78 is 13.8. The summed E-state index contributed by atoms with van der Waals surface area (Å²) in [6, 6.07) is 20.5. The Morgan fingerprint density at radius 1 is 0.976 bits per heavy atom. The van der Waals surface area contributed by atoms with Crippen molar-refractivity contribution in [2.75, 3.05) is 17.6 Å². The van der Waals surface area contributed by atoms with Crippen LogP contribution in [0.25, 0.3) is 0 Å². The second-order valence-corrected chi connectivity index (χ2v) is 11.5. The van der Waals surface area contributed by atoms with Gasteiger partial charge in [-0.2, -0.15) is 4.73 Å². The zero-order chi connectivity index (χ0) is 29.9. The van der Waals surface area contributed by atoms with Crippen LogP contribution in [0.4, 0.5) is 5.69 Å². The third-order valence-electron chi connectivity index (χ3n) is 7.23. The van der Waals surface area contributed by atoms with E-state index in [1.807, 2.05) is 54.6 Å². The van der Waals surface area contributed by atoms with Crippen molar-refractivity contribution in [1.29, 1.82) is 0 Å². The highest BCUT2D eigenvalue weighted by atomic mass is 32.2. The van der Waals surface area contributed by atoms with Crippen LogP contribution in [0.1, 0.15) is 68.6 Å². The van der Waals surface area contributed by atoms with Gasteiger partial charge in [0.25, 0.3) is 5.03 Å². The molecule has 0 spiro atoms. The summed E-state index contributed by atoms with van der Waals surface area (Å²) in [5, 5.41) is 28.0. The number of aliphatic hydroxyl groups is 1. The Labute approximate surface area is 251 Å². The smallest absolute Gasteiger partial charge is 0.251 e. The Morgan fingerprint density at radius 3 is 2.40 bits per heavy atom. The SMILES string of the molecule is CC(=O)NCCCCCC(=O)Nc1ccc([C@H]2O[C@@H](CSc3cccc[n+]3[O-])[C@@H](C)[C@@H](c3ccc(CO)cc3)O2)cc1. The van der Waals surface area contributed by atoms with Gasteiger partial charge in [-0.15, -0.1) is 0 Å². The molecule has 2 aromatic carbocycles. The fraction of sp³-hybridized carbons (Fsp3) is 0.406. The minimum Gasteiger partial charge on any atom is -0.618 e. The van der Waals surface area contributed by atoms with E-state index in [4.69, 9.17) is 9.47 Å². The second kappa shape index (κ2) is 15.7. The maximum atomic E-state index is 12.4. The molecule has 42 heavy (non-hydrogen) atoms. The molecule has 0 bridgehead atoms. The summed E-state index contributed by atoms with van der Waals surface area (Å²) in [4.78, 5) is 23.3. The highest BCUT2D eigenvalue weighted by molar-refractivity contribution is 7.99. The highest BCUT2D eigenvalue weighted by Gasteiger charge is 2.38. The minimum absolute atomic E-state index is 0.00524. The van der Waals surface area contributed by atoms with E-state index >= 15 is 0 Å². The predicted octanol–water partition coefficient (Wildman–Crippen LogP) is 5.03. The molecule has 9 nitrogen and oxygen atoms in total. The maximum Gasteiger partial charge on any atom is 0.251 e. The number of benzene rings is 2. The van der Waals surface area contributed by atoms with Crippen LogP contribution in [0.5, 0.6) is 0 Å². The molecule has 3 aromatic rings. The Kier molecular flexibility index (Phi) is 11.8. The highest BCUT2D eigenvalue weighted by Crippen LogP contribution is 2.43. The van der Waals surface area contributed by atoms with Crippen LogP contribution in [0.3, 0.4) is 0 Å². The van der Waals surface area contributed by atoms with Crippen molar-refractivity contribution in [2.45, 2.75) is 69.7 Å². The first-order valence-corrected chi connectivity index (χ1v) is 15.3. The number of carbonyl (C=O) groups is 2. The van der Waals surface area contributed by atoms with E-state index in [1.165, 1.54) is 24.9 Å². The van der Waals surface area contributed by atoms with Crippen LogP contribution < -0.4 is 15.4 Å². The topological polar surface area (TPSA) is 124 Å². The molecule has 1 fully saturated rings. The number of ether oxygens (including phenoxy) is 2. The molecule has 3 N–H and O–H groups in total. The molecule has 4 rings (SSSR count). The molecule has 1 aliphatic rings. The average Bonchev–Trinajstić information content (AvgIpc) is 2.99. The fourth-order valence-corrected chi connectivity index (χ4v) is 5.88. The van der Waals surface area contributed by atoms with E-state index in [-0.39, 0.29) is 36.5 Å². The number of carbonyl (C=O) groups excluding carboxylic acids is 2. The van der Waals surface area contributed by atoms with Crippen LogP contribution in [0.2, 0.25) is 0 Å². The Balaban J connectivity index is 1.40. The van der Waals surface area contributed by atoms with Crippen LogP contribution >= 0.6 is 11.8 Å². The number of amides is 2. The van der Waals surface area contributed by atoms with Crippen LogP contribution in [-0.4, -0.2) is 35.3 Å². The number of thioether (sulfide) groups is 1. The average molecular weight is 594 g/mol. The van der Waals surface area contributed by atoms with Crippen molar-refractivity contribution >= 4 is 29.3 Å². The summed E-state index contributed by atoms with van der Waals surface area (Å²) in [5.74, 6) is 0.466. The lowest BCUT2D eigenvalue weighted by Gasteiger charge is -2.41. The normalized spacial score (nSPS) is 20.2. The van der Waals surface area contributed by atoms with E-state index in [0.29, 0.717) is 29.4 Å². The third-order valence-corrected chi connectivity index (χ3v) is 8.34. The molecule has 0 saturated carbocycles. The van der Waals surface area contributed by atoms with Crippen LogP contribution in [-0.2, 0) is 25.7 Å². The van der Waals surface area contributed by atoms with Gasteiger partial charge < -0.3 is 30.4 Å². The zero-order valence-corrected chi connectivity index (χ0v) is 24.8. The fourth-order valence-electron chi connectivity index (χ4n) is 4.80. The van der Waals surface area contributed by atoms with Gasteiger partial charge >= 0.3 is 0 Å². The van der Waals surface area contributed by atoms with E-state index in [2.05, 4.69) is 17.6 Å². The molecular formula is C32H39N3O6S. The molecule has 2 amide bonds. The summed E-state index contributed by atoms with van der Waals surface area (Å²) in [7, 11) is 0. The molecule has 2 heterocycles. The van der Waals surface area contributed by atoms with E-state index < -0.39 is 6.29 Å². The standard InChI is InChI=1S/C32H39N3O6S/c1-22-28(21-42-30-9-5-7-19-35(30)39)40-32(41-31(22)25-12-10-24(20-36)11-13-25)26-14-16-27(17-15-26)34-29(38)8-4-3-6-18-33-23(2)37/h5,7,9-17,19,22,28,31-32,36H,3-4,6,8,18,20-21H2,1-2H3,(H,33,37)(H,34,38)/t22-,28+,31+,32+/m1/s1. The number of nitrogens with zero attached hydrogens (tertiary/aromatic N) is 1. The first-order chi connectivity index (χ1) is 20.3. The van der Waals surface area contributed by atoms with E-state index in [0.717, 1.165) is 40.7 Å². The van der Waals surface area contributed by atoms with Gasteiger partial charge in [-0.05, 0) is 42.2 Å². The molecule has 224 valence electrons. The molecule has 1 saturated heterocycles. The number of aromatic nitrogens is 1. The number of unbranched alkanes of at least 4 members (excludes halogenated alkanes) is 2. The Morgan fingerprint density at radius 2 is 1.71 bits per heavy atom. The summed E-state index contributed by atoms with van der Waals surface area (Å²) in [6.45, 7) is 4.18. The predicted molar refractivity (Wildman–Crippen MR) is 161 cm³/mol. The number of pyridine rings is 1. The monoisotopic (exact) mass is 593 g/mol. The van der Waals surface area contributed by atoms with Gasteiger partial charge in [0.1, 0.15) is 0 Å². The molecular weight excluding hydrogens is 554 g/mol. The van der Waals surface area contributed by atoms with Crippen molar-refractivity contribution in [2.24, 2.45) is 5.92 Å². The molecule has 4 atom stereocenters. The van der Waals surface area contributed by atoms with Gasteiger partial charge in [-0.3, -0.25) is 9.59 Å². The van der Waals surface area contributed by atoms with Crippen molar-refractivity contribution < 1.29 is 28.9 Å². The first-order valence-electron chi connectivity index (χ1n) is 14.3. The zero-order valence-electron chi connectivity index (χ0n) is 24.0. The van der Waals surface area contributed by atoms with Gasteiger partial charge in [-0.25, -0.2) is 0 Å². The number of rotatable bonds is 13. The molecule has 0 radical (unpaired) electrons. The van der Waals surface area contributed by atoms with E-state index in [9.17, 15) is 19.9 Å². The van der Waals surface area contributed by atoms with Gasteiger partial charge in [0.05, 0.1) is 18.8 Å². The summed E-state index contributed by atoms with van der Waals surface area (Å²) in [6.07, 6.45) is 3.25. The van der Waals surface area contributed by atoms with Crippen molar-refractivity contribution in [1.82, 2.24) is 5.32 Å². The van der Waals surface area contributed by atoms with E-state index in [1.54, 1.807) is 12.1 Å². The Hall–Kier alpha value is -3.44. The van der Waals surface area contributed by atoms with Crippen LogP contribution in [0.15, 0.2) is 78.0 Å². The molecule has 0 aliphatic carbocycles. The molecule has 1 aliphatic heterocycles. The van der Waals surface area contributed by atoms with Crippen LogP contribution in [0, 0.1) is 11.1 Å². The van der Waals surface area contributed by atoms with Crippen molar-refractivity contribution in [3.63, 3.8) is 0 Å². The van der Waals surface area contributed by atoms with Gasteiger partial charge in [0.2, 0.25) is 11.8 Å². The lowest BCUT2D eigenvalue weighted by atomic mass is 9.91. The second-order valence-electron chi connectivity index (χ2n) is 10.5. The van der Waals surface area contributed by atoms with Crippen molar-refractivity contribution in [3.8, 4) is 0 Å². The number of nitrogens with one attached hydrogen (secondary N) is 2. The number of hydrogen-bond donors (Lipinski definition) is 3. The lowest BCUT2D eigenvalue weighted by Crippen LogP contribution is -2.39. The summed E-state index contributed by atoms with van der Waals surface area (Å²) >= 11 is 1.45. The lowest BCUT2D eigenvalue weighted by molar-refractivity contribution is -0.645. The number of aliphatic hydroxyl groups excluding tert-OH is 1. The molecule has 0 unspecified atom stereocenters. The number of hydrogen-bond acceptors (Lipinski definition) is 7. The number of anilines is 1. The summed E-state index contributed by atoms with van der Waals surface area (Å²) in [5.41, 5.74) is 3.33. The molecule has 10 heteroatoms. The third kappa shape index (κ3) is 9.03. The van der Waals surface area contributed by atoms with Gasteiger partial charge in [0.15, 0.2) is 12.5 Å². The first kappa shape index (κ1) is 31.5. The van der Waals surface area contributed by atoms with Gasteiger partial charge in [0, 0.05) is 54.9 Å². The largest absolute Gasteiger partial charge is 0.618 e. The van der Waals surface area contributed by atoms with Crippen molar-refractivity contribution in [3.05, 3.63) is 94.8 Å². The quantitative estimate of drug-likeness (QED) is 0.110.